The molecule has 0 aliphatic carbocycles. The number of nitrogens with two attached hydrogens (primary N) is 1. The van der Waals surface area contributed by atoms with Gasteiger partial charge in [0.25, 0.3) is 0 Å². The van der Waals surface area contributed by atoms with Gasteiger partial charge in [-0.1, -0.05) is 6.92 Å². The third-order valence-electron chi connectivity index (χ3n) is 2.15. The summed E-state index contributed by atoms with van der Waals surface area (Å²) in [6, 6.07) is 2.16. The van der Waals surface area contributed by atoms with E-state index in [4.69, 9.17) is 5.73 Å². The predicted octanol–water partition coefficient (Wildman–Crippen LogP) is 1.74. The maximum atomic E-state index is 13.2. The van der Waals surface area contributed by atoms with Crippen LogP contribution in [0.5, 0.6) is 0 Å². The van der Waals surface area contributed by atoms with Gasteiger partial charge in [0.1, 0.15) is 11.6 Å². The van der Waals surface area contributed by atoms with Gasteiger partial charge in [-0.2, -0.15) is 0 Å². The average molecular weight is 201 g/mol. The third kappa shape index (κ3) is 2.27. The lowest BCUT2D eigenvalue weighted by Crippen LogP contribution is -2.26. The van der Waals surface area contributed by atoms with E-state index < -0.39 is 23.8 Å². The standard InChI is InChI=1S/C10H13F2NO/c1-2-9(14)10(13)7-5-6(11)3-4-8(7)12/h3-5,9-10,14H,2,13H2,1H3/t9-,10+/m1/s1. The van der Waals surface area contributed by atoms with Crippen LogP contribution in [0, 0.1) is 11.6 Å². The second-order valence-corrected chi connectivity index (χ2v) is 3.17. The summed E-state index contributed by atoms with van der Waals surface area (Å²) in [5, 5.41) is 9.38. The Labute approximate surface area is 81.4 Å². The summed E-state index contributed by atoms with van der Waals surface area (Å²) in [5.74, 6) is -1.15. The first-order valence-electron chi connectivity index (χ1n) is 4.44. The third-order valence-corrected chi connectivity index (χ3v) is 2.15. The molecule has 1 rings (SSSR count). The maximum Gasteiger partial charge on any atom is 0.128 e. The Morgan fingerprint density at radius 3 is 2.64 bits per heavy atom. The summed E-state index contributed by atoms with van der Waals surface area (Å²) >= 11 is 0. The molecule has 0 aromatic heterocycles. The van der Waals surface area contributed by atoms with Gasteiger partial charge in [-0.15, -0.1) is 0 Å². The van der Waals surface area contributed by atoms with Crippen LogP contribution in [0.3, 0.4) is 0 Å². The molecule has 0 fully saturated rings. The fraction of sp³-hybridized carbons (Fsp3) is 0.400. The van der Waals surface area contributed by atoms with Gasteiger partial charge >= 0.3 is 0 Å². The smallest absolute Gasteiger partial charge is 0.128 e. The van der Waals surface area contributed by atoms with E-state index in [0.717, 1.165) is 18.2 Å². The van der Waals surface area contributed by atoms with Gasteiger partial charge < -0.3 is 10.8 Å². The topological polar surface area (TPSA) is 46.2 Å². The number of aliphatic hydroxyl groups is 1. The molecule has 3 N–H and O–H groups in total. The van der Waals surface area contributed by atoms with E-state index in [0.29, 0.717) is 6.42 Å². The Bertz CT molecular complexity index is 317. The largest absolute Gasteiger partial charge is 0.391 e. The van der Waals surface area contributed by atoms with E-state index in [1.165, 1.54) is 0 Å². The number of hydrogen-bond acceptors (Lipinski definition) is 2. The molecule has 14 heavy (non-hydrogen) atoms. The first kappa shape index (κ1) is 11.1. The lowest BCUT2D eigenvalue weighted by molar-refractivity contribution is 0.139. The quantitative estimate of drug-likeness (QED) is 0.782. The van der Waals surface area contributed by atoms with Crippen LogP contribution >= 0.6 is 0 Å². The molecule has 0 saturated carbocycles. The summed E-state index contributed by atoms with van der Waals surface area (Å²) in [6.07, 6.45) is -0.455. The second-order valence-electron chi connectivity index (χ2n) is 3.17. The van der Waals surface area contributed by atoms with Crippen molar-refractivity contribution in [2.75, 3.05) is 0 Å². The Morgan fingerprint density at radius 2 is 2.07 bits per heavy atom. The van der Waals surface area contributed by atoms with Gasteiger partial charge in [-0.25, -0.2) is 8.78 Å². The number of halogens is 2. The monoisotopic (exact) mass is 201 g/mol. The van der Waals surface area contributed by atoms with Crippen molar-refractivity contribution in [2.45, 2.75) is 25.5 Å². The van der Waals surface area contributed by atoms with Crippen molar-refractivity contribution < 1.29 is 13.9 Å². The van der Waals surface area contributed by atoms with Gasteiger partial charge in [0.05, 0.1) is 12.1 Å². The highest BCUT2D eigenvalue weighted by Crippen LogP contribution is 2.20. The number of hydrogen-bond donors (Lipinski definition) is 2. The Morgan fingerprint density at radius 1 is 1.43 bits per heavy atom. The summed E-state index contributed by atoms with van der Waals surface area (Å²) in [7, 11) is 0. The zero-order chi connectivity index (χ0) is 10.7. The van der Waals surface area contributed by atoms with Crippen molar-refractivity contribution in [1.82, 2.24) is 0 Å². The Kier molecular flexibility index (Phi) is 3.55. The normalized spacial score (nSPS) is 15.2. The highest BCUT2D eigenvalue weighted by atomic mass is 19.1. The van der Waals surface area contributed by atoms with E-state index in [1.807, 2.05) is 0 Å². The molecule has 2 nitrogen and oxygen atoms in total. The maximum absolute atomic E-state index is 13.2. The fourth-order valence-electron chi connectivity index (χ4n) is 1.23. The highest BCUT2D eigenvalue weighted by Gasteiger charge is 2.18. The average Bonchev–Trinajstić information content (AvgIpc) is 2.19. The number of benzene rings is 1. The molecular weight excluding hydrogens is 188 g/mol. The zero-order valence-corrected chi connectivity index (χ0v) is 7.87. The predicted molar refractivity (Wildman–Crippen MR) is 49.6 cm³/mol. The van der Waals surface area contributed by atoms with Crippen LogP contribution in [-0.2, 0) is 0 Å². The van der Waals surface area contributed by atoms with Crippen LogP contribution in [0.2, 0.25) is 0 Å². The second kappa shape index (κ2) is 4.48. The molecule has 0 radical (unpaired) electrons. The highest BCUT2D eigenvalue weighted by molar-refractivity contribution is 5.22. The van der Waals surface area contributed by atoms with Crippen LogP contribution in [0.1, 0.15) is 24.9 Å². The minimum absolute atomic E-state index is 0.0133. The Balaban J connectivity index is 2.99. The van der Waals surface area contributed by atoms with Crippen molar-refractivity contribution in [3.63, 3.8) is 0 Å². The van der Waals surface area contributed by atoms with Crippen molar-refractivity contribution in [2.24, 2.45) is 5.73 Å². The van der Waals surface area contributed by atoms with Crippen molar-refractivity contribution in [3.05, 3.63) is 35.4 Å². The minimum Gasteiger partial charge on any atom is -0.391 e. The zero-order valence-electron chi connectivity index (χ0n) is 7.87. The number of aliphatic hydroxyl groups excluding tert-OH is 1. The molecule has 2 atom stereocenters. The van der Waals surface area contributed by atoms with Gasteiger partial charge in [-0.05, 0) is 24.6 Å². The van der Waals surface area contributed by atoms with Crippen LogP contribution in [0.25, 0.3) is 0 Å². The fourth-order valence-corrected chi connectivity index (χ4v) is 1.23. The number of rotatable bonds is 3. The van der Waals surface area contributed by atoms with Crippen molar-refractivity contribution >= 4 is 0 Å². The van der Waals surface area contributed by atoms with Crippen LogP contribution in [-0.4, -0.2) is 11.2 Å². The lowest BCUT2D eigenvalue weighted by Gasteiger charge is -2.18. The first-order valence-corrected chi connectivity index (χ1v) is 4.44. The van der Waals surface area contributed by atoms with Gasteiger partial charge in [0.15, 0.2) is 0 Å². The molecule has 0 spiro atoms. The molecule has 0 saturated heterocycles. The SMILES string of the molecule is CC[C@@H](O)[C@@H](N)c1cc(F)ccc1F. The summed E-state index contributed by atoms with van der Waals surface area (Å²) in [5.41, 5.74) is 5.58. The summed E-state index contributed by atoms with van der Waals surface area (Å²) in [6.45, 7) is 1.72. The van der Waals surface area contributed by atoms with Crippen LogP contribution in [0.4, 0.5) is 8.78 Å². The summed E-state index contributed by atoms with van der Waals surface area (Å²) in [4.78, 5) is 0. The van der Waals surface area contributed by atoms with E-state index in [9.17, 15) is 13.9 Å². The van der Waals surface area contributed by atoms with Gasteiger partial charge in [0, 0.05) is 5.56 Å². The molecular formula is C10H13F2NO. The molecule has 0 amide bonds. The molecule has 1 aromatic carbocycles. The molecule has 1 aromatic rings. The molecule has 4 heteroatoms. The van der Waals surface area contributed by atoms with E-state index >= 15 is 0 Å². The van der Waals surface area contributed by atoms with Crippen LogP contribution in [0.15, 0.2) is 18.2 Å². The van der Waals surface area contributed by atoms with Gasteiger partial charge in [0.2, 0.25) is 0 Å². The minimum atomic E-state index is -0.879. The van der Waals surface area contributed by atoms with Crippen molar-refractivity contribution in [1.29, 1.82) is 0 Å². The van der Waals surface area contributed by atoms with E-state index in [1.54, 1.807) is 6.92 Å². The molecule has 78 valence electrons. The molecule has 0 aliphatic heterocycles. The van der Waals surface area contributed by atoms with Crippen LogP contribution < -0.4 is 5.73 Å². The van der Waals surface area contributed by atoms with E-state index in [2.05, 4.69) is 0 Å². The van der Waals surface area contributed by atoms with E-state index in [-0.39, 0.29) is 5.56 Å². The van der Waals surface area contributed by atoms with Gasteiger partial charge in [-0.3, -0.25) is 0 Å². The first-order chi connectivity index (χ1) is 6.56. The molecule has 0 aliphatic rings. The van der Waals surface area contributed by atoms with Crippen molar-refractivity contribution in [3.8, 4) is 0 Å². The molecule has 0 bridgehead atoms. The Hall–Kier alpha value is -1.00. The summed E-state index contributed by atoms with van der Waals surface area (Å²) < 4.78 is 25.9. The molecule has 0 unspecified atom stereocenters. The lowest BCUT2D eigenvalue weighted by atomic mass is 10.00. The molecule has 0 heterocycles.